The van der Waals surface area contributed by atoms with Gasteiger partial charge in [0.2, 0.25) is 0 Å². The van der Waals surface area contributed by atoms with Crippen molar-refractivity contribution in [2.24, 2.45) is 0 Å². The van der Waals surface area contributed by atoms with Crippen molar-refractivity contribution in [3.63, 3.8) is 0 Å². The van der Waals surface area contributed by atoms with Crippen molar-refractivity contribution in [1.29, 1.82) is 0 Å². The highest BCUT2D eigenvalue weighted by Crippen LogP contribution is 2.28. The molecule has 0 spiro atoms. The van der Waals surface area contributed by atoms with Crippen LogP contribution in [0.4, 0.5) is 11.4 Å². The zero-order valence-corrected chi connectivity index (χ0v) is 9.64. The molecule has 15 heavy (non-hydrogen) atoms. The number of thioether (sulfide) groups is 1. The average Bonchev–Trinajstić information content (AvgIpc) is 2.74. The average molecular weight is 224 g/mol. The molecule has 2 rings (SSSR count). The van der Waals surface area contributed by atoms with Gasteiger partial charge in [-0.05, 0) is 24.3 Å². The van der Waals surface area contributed by atoms with Crippen LogP contribution in [0.2, 0.25) is 0 Å². The van der Waals surface area contributed by atoms with E-state index in [4.69, 9.17) is 10.5 Å². The van der Waals surface area contributed by atoms with E-state index in [1.807, 2.05) is 30.0 Å². The lowest BCUT2D eigenvalue weighted by Gasteiger charge is -2.15. The van der Waals surface area contributed by atoms with Crippen molar-refractivity contribution >= 4 is 23.1 Å². The third-order valence-corrected chi connectivity index (χ3v) is 3.71. The maximum atomic E-state index is 5.90. The molecule has 1 aromatic carbocycles. The van der Waals surface area contributed by atoms with Crippen LogP contribution in [0, 0.1) is 0 Å². The second-order valence-corrected chi connectivity index (χ2v) is 4.81. The molecule has 0 saturated carbocycles. The maximum Gasteiger partial charge on any atom is 0.121 e. The molecule has 1 saturated heterocycles. The van der Waals surface area contributed by atoms with Crippen LogP contribution in [0.5, 0.6) is 5.75 Å². The predicted molar refractivity (Wildman–Crippen MR) is 66.8 cm³/mol. The van der Waals surface area contributed by atoms with Gasteiger partial charge in [-0.3, -0.25) is 0 Å². The quantitative estimate of drug-likeness (QED) is 0.773. The Morgan fingerprint density at radius 2 is 2.40 bits per heavy atom. The Hall–Kier alpha value is -1.03. The van der Waals surface area contributed by atoms with Crippen LogP contribution in [0.3, 0.4) is 0 Å². The van der Waals surface area contributed by atoms with Gasteiger partial charge in [0, 0.05) is 17.9 Å². The molecule has 0 aromatic heterocycles. The first-order valence-corrected chi connectivity index (χ1v) is 6.23. The number of nitrogen functional groups attached to an aromatic ring is 1. The highest BCUT2D eigenvalue weighted by atomic mass is 32.2. The molecule has 1 aliphatic rings. The van der Waals surface area contributed by atoms with Crippen molar-refractivity contribution in [3.8, 4) is 5.75 Å². The number of rotatable bonds is 3. The minimum absolute atomic E-state index is 0.546. The Balaban J connectivity index is 2.11. The van der Waals surface area contributed by atoms with Crippen molar-refractivity contribution in [3.05, 3.63) is 18.2 Å². The van der Waals surface area contributed by atoms with E-state index in [0.29, 0.717) is 6.04 Å². The number of hydrogen-bond donors (Lipinski definition) is 2. The lowest BCUT2D eigenvalue weighted by atomic mass is 10.2. The summed E-state index contributed by atoms with van der Waals surface area (Å²) in [5, 5.41) is 3.46. The molecule has 1 unspecified atom stereocenters. The van der Waals surface area contributed by atoms with E-state index in [2.05, 4.69) is 5.32 Å². The molecular weight excluding hydrogens is 208 g/mol. The van der Waals surface area contributed by atoms with Gasteiger partial charge in [0.15, 0.2) is 0 Å². The Morgan fingerprint density at radius 3 is 3.07 bits per heavy atom. The fourth-order valence-electron chi connectivity index (χ4n) is 1.66. The van der Waals surface area contributed by atoms with E-state index in [-0.39, 0.29) is 0 Å². The number of anilines is 2. The van der Waals surface area contributed by atoms with Crippen molar-refractivity contribution < 1.29 is 4.74 Å². The van der Waals surface area contributed by atoms with Gasteiger partial charge in [-0.25, -0.2) is 0 Å². The van der Waals surface area contributed by atoms with Crippen LogP contribution in [0.25, 0.3) is 0 Å². The third-order valence-electron chi connectivity index (χ3n) is 2.55. The first kappa shape index (κ1) is 10.5. The highest BCUT2D eigenvalue weighted by Gasteiger charge is 2.16. The summed E-state index contributed by atoms with van der Waals surface area (Å²) in [7, 11) is 1.67. The van der Waals surface area contributed by atoms with E-state index in [1.165, 1.54) is 12.2 Å². The van der Waals surface area contributed by atoms with Gasteiger partial charge in [0.05, 0.1) is 18.5 Å². The van der Waals surface area contributed by atoms with Crippen LogP contribution in [-0.4, -0.2) is 24.7 Å². The van der Waals surface area contributed by atoms with Crippen molar-refractivity contribution in [2.75, 3.05) is 29.7 Å². The zero-order valence-electron chi connectivity index (χ0n) is 8.82. The fourth-order valence-corrected chi connectivity index (χ4v) is 2.81. The van der Waals surface area contributed by atoms with Gasteiger partial charge in [0.1, 0.15) is 5.75 Å². The fraction of sp³-hybridized carbons (Fsp3) is 0.455. The Bertz CT molecular complexity index is 337. The molecule has 0 aliphatic carbocycles. The molecule has 1 aromatic rings. The Kier molecular flexibility index (Phi) is 3.26. The summed E-state index contributed by atoms with van der Waals surface area (Å²) in [4.78, 5) is 0. The van der Waals surface area contributed by atoms with Gasteiger partial charge >= 0.3 is 0 Å². The van der Waals surface area contributed by atoms with Crippen LogP contribution in [-0.2, 0) is 0 Å². The van der Waals surface area contributed by atoms with Gasteiger partial charge in [-0.2, -0.15) is 11.8 Å². The summed E-state index contributed by atoms with van der Waals surface area (Å²) >= 11 is 1.98. The van der Waals surface area contributed by atoms with Gasteiger partial charge in [0.25, 0.3) is 0 Å². The van der Waals surface area contributed by atoms with Gasteiger partial charge < -0.3 is 15.8 Å². The molecule has 0 bridgehead atoms. The lowest BCUT2D eigenvalue weighted by molar-refractivity contribution is 0.415. The number of ether oxygens (including phenoxy) is 1. The molecule has 4 heteroatoms. The summed E-state index contributed by atoms with van der Waals surface area (Å²) in [6, 6.07) is 6.26. The Morgan fingerprint density at radius 1 is 1.53 bits per heavy atom. The molecular formula is C11H16N2OS. The highest BCUT2D eigenvalue weighted by molar-refractivity contribution is 7.99. The van der Waals surface area contributed by atoms with Gasteiger partial charge in [-0.15, -0.1) is 0 Å². The normalized spacial score (nSPS) is 20.2. The van der Waals surface area contributed by atoms with E-state index < -0.39 is 0 Å². The lowest BCUT2D eigenvalue weighted by Crippen LogP contribution is -2.18. The zero-order chi connectivity index (χ0) is 10.7. The van der Waals surface area contributed by atoms with Crippen LogP contribution in [0.1, 0.15) is 6.42 Å². The van der Waals surface area contributed by atoms with E-state index in [0.717, 1.165) is 22.9 Å². The second-order valence-electron chi connectivity index (χ2n) is 3.66. The number of nitrogens with one attached hydrogen (secondary N) is 1. The van der Waals surface area contributed by atoms with E-state index >= 15 is 0 Å². The van der Waals surface area contributed by atoms with Crippen LogP contribution < -0.4 is 15.8 Å². The Labute approximate surface area is 94.4 Å². The second kappa shape index (κ2) is 4.66. The minimum Gasteiger partial charge on any atom is -0.497 e. The number of nitrogens with two attached hydrogens (primary N) is 1. The summed E-state index contributed by atoms with van der Waals surface area (Å²) in [5.41, 5.74) is 7.67. The number of methoxy groups -OCH3 is 1. The first-order valence-electron chi connectivity index (χ1n) is 5.07. The maximum absolute atomic E-state index is 5.90. The van der Waals surface area contributed by atoms with E-state index in [9.17, 15) is 0 Å². The summed E-state index contributed by atoms with van der Waals surface area (Å²) in [6.07, 6.45) is 1.21. The molecule has 3 nitrogen and oxygen atoms in total. The molecule has 1 aliphatic heterocycles. The molecule has 1 fully saturated rings. The summed E-state index contributed by atoms with van der Waals surface area (Å²) < 4.78 is 5.17. The monoisotopic (exact) mass is 224 g/mol. The van der Waals surface area contributed by atoms with Crippen LogP contribution in [0.15, 0.2) is 18.2 Å². The molecule has 0 radical (unpaired) electrons. The molecule has 1 heterocycles. The smallest absolute Gasteiger partial charge is 0.121 e. The molecule has 0 amide bonds. The summed E-state index contributed by atoms with van der Waals surface area (Å²) in [5.74, 6) is 3.25. The number of hydrogen-bond acceptors (Lipinski definition) is 4. The predicted octanol–water partition coefficient (Wildman–Crippen LogP) is 2.19. The standard InChI is InChI=1S/C11H16N2OS/c1-14-9-2-3-10(12)11(6-9)13-8-4-5-15-7-8/h2-3,6,8,13H,4-5,7,12H2,1H3. The first-order chi connectivity index (χ1) is 7.29. The topological polar surface area (TPSA) is 47.3 Å². The SMILES string of the molecule is COc1ccc(N)c(NC2CCSC2)c1. The minimum atomic E-state index is 0.546. The van der Waals surface area contributed by atoms with Gasteiger partial charge in [-0.1, -0.05) is 0 Å². The van der Waals surface area contributed by atoms with Crippen molar-refractivity contribution in [1.82, 2.24) is 0 Å². The third kappa shape index (κ3) is 2.50. The largest absolute Gasteiger partial charge is 0.497 e. The molecule has 1 atom stereocenters. The summed E-state index contributed by atoms with van der Waals surface area (Å²) in [6.45, 7) is 0. The number of benzene rings is 1. The van der Waals surface area contributed by atoms with Crippen LogP contribution >= 0.6 is 11.8 Å². The molecule has 3 N–H and O–H groups in total. The van der Waals surface area contributed by atoms with Crippen molar-refractivity contribution in [2.45, 2.75) is 12.5 Å². The molecule has 82 valence electrons. The van der Waals surface area contributed by atoms with E-state index in [1.54, 1.807) is 7.11 Å².